The van der Waals surface area contributed by atoms with Gasteiger partial charge in [-0.2, -0.15) is 0 Å². The van der Waals surface area contributed by atoms with Crippen molar-refractivity contribution in [3.63, 3.8) is 0 Å². The molecule has 152 valence electrons. The van der Waals surface area contributed by atoms with E-state index in [1.54, 1.807) is 12.1 Å². The maximum atomic E-state index is 12.3. The zero-order valence-corrected chi connectivity index (χ0v) is 16.2. The number of benzene rings is 2. The number of rotatable bonds is 5. The van der Waals surface area contributed by atoms with Gasteiger partial charge in [-0.1, -0.05) is 42.5 Å². The van der Waals surface area contributed by atoms with Crippen molar-refractivity contribution >= 4 is 11.8 Å². The smallest absolute Gasteiger partial charge is 0.283 e. The van der Waals surface area contributed by atoms with E-state index in [0.29, 0.717) is 17.9 Å². The van der Waals surface area contributed by atoms with Gasteiger partial charge in [-0.15, -0.1) is 0 Å². The van der Waals surface area contributed by atoms with Crippen molar-refractivity contribution in [1.29, 1.82) is 0 Å². The lowest BCUT2D eigenvalue weighted by molar-refractivity contribution is -0.135. The summed E-state index contributed by atoms with van der Waals surface area (Å²) in [6.07, 6.45) is 0.569. The second kappa shape index (κ2) is 8.96. The van der Waals surface area contributed by atoms with Gasteiger partial charge in [0, 0.05) is 19.5 Å². The fourth-order valence-corrected chi connectivity index (χ4v) is 3.74. The van der Waals surface area contributed by atoms with E-state index >= 15 is 0 Å². The van der Waals surface area contributed by atoms with Gasteiger partial charge in [0.15, 0.2) is 11.5 Å². The van der Waals surface area contributed by atoms with Crippen LogP contribution in [-0.2, 0) is 16.1 Å². The molecular formula is C22H25N3O4. The Hall–Kier alpha value is -3.06. The van der Waals surface area contributed by atoms with Crippen molar-refractivity contribution in [2.45, 2.75) is 25.5 Å². The zero-order valence-electron chi connectivity index (χ0n) is 16.2. The van der Waals surface area contributed by atoms with Crippen molar-refractivity contribution in [3.8, 4) is 11.5 Å². The third kappa shape index (κ3) is 5.06. The first-order valence-electron chi connectivity index (χ1n) is 9.91. The minimum atomic E-state index is -0.793. The van der Waals surface area contributed by atoms with E-state index < -0.39 is 12.0 Å². The molecule has 4 rings (SSSR count). The van der Waals surface area contributed by atoms with Gasteiger partial charge in [-0.05, 0) is 36.6 Å². The number of para-hydroxylation sites is 2. The Kier molecular flexibility index (Phi) is 5.95. The molecule has 2 aromatic carbocycles. The van der Waals surface area contributed by atoms with E-state index in [1.807, 2.05) is 30.3 Å². The number of carbonyl (C=O) groups is 2. The molecule has 2 aromatic rings. The van der Waals surface area contributed by atoms with Crippen LogP contribution in [0.25, 0.3) is 0 Å². The van der Waals surface area contributed by atoms with Gasteiger partial charge in [0.25, 0.3) is 5.91 Å². The van der Waals surface area contributed by atoms with Crippen LogP contribution in [0.1, 0.15) is 18.4 Å². The Morgan fingerprint density at radius 2 is 1.76 bits per heavy atom. The summed E-state index contributed by atoms with van der Waals surface area (Å²) in [5, 5.41) is 0. The molecule has 1 fully saturated rings. The summed E-state index contributed by atoms with van der Waals surface area (Å²) >= 11 is 0. The highest BCUT2D eigenvalue weighted by molar-refractivity contribution is 5.85. The summed E-state index contributed by atoms with van der Waals surface area (Å²) in [5.41, 5.74) is 6.23. The lowest BCUT2D eigenvalue weighted by atomic mass is 10.1. The molecule has 2 aliphatic heterocycles. The number of hydrogen-bond acceptors (Lipinski definition) is 5. The monoisotopic (exact) mass is 395 g/mol. The van der Waals surface area contributed by atoms with Gasteiger partial charge in [0.1, 0.15) is 6.61 Å². The fourth-order valence-electron chi connectivity index (χ4n) is 3.74. The van der Waals surface area contributed by atoms with Crippen LogP contribution in [0.4, 0.5) is 0 Å². The van der Waals surface area contributed by atoms with Crippen molar-refractivity contribution in [3.05, 3.63) is 60.2 Å². The Balaban J connectivity index is 1.18. The number of fused-ring (bicyclic) bond motifs is 1. The third-order valence-corrected chi connectivity index (χ3v) is 5.22. The number of carbonyl (C=O) groups excluding carboxylic acids is 2. The predicted molar refractivity (Wildman–Crippen MR) is 107 cm³/mol. The van der Waals surface area contributed by atoms with Crippen LogP contribution >= 0.6 is 0 Å². The van der Waals surface area contributed by atoms with Gasteiger partial charge in [-0.25, -0.2) is 0 Å². The van der Waals surface area contributed by atoms with Gasteiger partial charge < -0.3 is 9.47 Å². The van der Waals surface area contributed by atoms with E-state index in [9.17, 15) is 9.59 Å². The number of hydrazine groups is 1. The summed E-state index contributed by atoms with van der Waals surface area (Å²) in [6.45, 7) is 2.87. The topological polar surface area (TPSA) is 79.9 Å². The quantitative estimate of drug-likeness (QED) is 0.756. The predicted octanol–water partition coefficient (Wildman–Crippen LogP) is 1.89. The number of hydrogen-bond donors (Lipinski definition) is 2. The molecule has 2 amide bonds. The van der Waals surface area contributed by atoms with Crippen LogP contribution in [-0.4, -0.2) is 42.5 Å². The first-order valence-corrected chi connectivity index (χ1v) is 9.91. The molecule has 7 nitrogen and oxygen atoms in total. The molecule has 0 radical (unpaired) electrons. The van der Waals surface area contributed by atoms with E-state index in [4.69, 9.17) is 9.47 Å². The normalized spacial score (nSPS) is 20.8. The van der Waals surface area contributed by atoms with Crippen molar-refractivity contribution in [2.24, 2.45) is 5.92 Å². The highest BCUT2D eigenvalue weighted by atomic mass is 16.6. The Morgan fingerprint density at radius 1 is 1.00 bits per heavy atom. The van der Waals surface area contributed by atoms with E-state index in [0.717, 1.165) is 26.1 Å². The SMILES string of the molecule is O=C(C[C@@H]1CCN(Cc2ccccc2)C1)NNC(=O)[C@H]1COc2ccccc2O1. The second-order valence-electron chi connectivity index (χ2n) is 7.48. The Bertz CT molecular complexity index is 858. The fraction of sp³-hybridized carbons (Fsp3) is 0.364. The van der Waals surface area contributed by atoms with Gasteiger partial charge >= 0.3 is 0 Å². The maximum absolute atomic E-state index is 12.3. The molecule has 2 aliphatic rings. The second-order valence-corrected chi connectivity index (χ2v) is 7.48. The standard InChI is InChI=1S/C22H25N3O4/c26-21(12-17-10-11-25(14-17)13-16-6-2-1-3-7-16)23-24-22(27)20-15-28-18-8-4-5-9-19(18)29-20/h1-9,17,20H,10-15H2,(H,23,26)(H,24,27)/t17-,20+/m0/s1. The van der Waals surface area contributed by atoms with E-state index in [2.05, 4.69) is 27.9 Å². The Morgan fingerprint density at radius 3 is 2.59 bits per heavy atom. The molecule has 1 saturated heterocycles. The minimum Gasteiger partial charge on any atom is -0.485 e. The maximum Gasteiger partial charge on any atom is 0.283 e. The molecule has 7 heteroatoms. The number of nitrogens with one attached hydrogen (secondary N) is 2. The average Bonchev–Trinajstić information content (AvgIpc) is 3.19. The Labute approximate surface area is 170 Å². The first kappa shape index (κ1) is 19.3. The highest BCUT2D eigenvalue weighted by Gasteiger charge is 2.28. The number of amides is 2. The van der Waals surface area contributed by atoms with Crippen molar-refractivity contribution in [2.75, 3.05) is 19.7 Å². The van der Waals surface area contributed by atoms with Crippen LogP contribution in [0, 0.1) is 5.92 Å². The van der Waals surface area contributed by atoms with Crippen LogP contribution in [0.2, 0.25) is 0 Å². The minimum absolute atomic E-state index is 0.107. The van der Waals surface area contributed by atoms with E-state index in [1.165, 1.54) is 5.56 Å². The summed E-state index contributed by atoms with van der Waals surface area (Å²) in [4.78, 5) is 26.9. The molecule has 2 atom stereocenters. The van der Waals surface area contributed by atoms with Crippen molar-refractivity contribution in [1.82, 2.24) is 15.8 Å². The molecule has 29 heavy (non-hydrogen) atoms. The molecule has 0 aliphatic carbocycles. The molecule has 0 bridgehead atoms. The zero-order chi connectivity index (χ0) is 20.1. The van der Waals surface area contributed by atoms with Gasteiger partial charge in [0.2, 0.25) is 12.0 Å². The van der Waals surface area contributed by atoms with Crippen molar-refractivity contribution < 1.29 is 19.1 Å². The molecule has 0 unspecified atom stereocenters. The molecular weight excluding hydrogens is 370 g/mol. The summed E-state index contributed by atoms with van der Waals surface area (Å²) < 4.78 is 11.2. The van der Waals surface area contributed by atoms with Crippen LogP contribution in [0.15, 0.2) is 54.6 Å². The molecule has 0 aromatic heterocycles. The lowest BCUT2D eigenvalue weighted by Crippen LogP contribution is -2.51. The number of nitrogens with zero attached hydrogens (tertiary/aromatic N) is 1. The molecule has 2 N–H and O–H groups in total. The lowest BCUT2D eigenvalue weighted by Gasteiger charge is -2.25. The van der Waals surface area contributed by atoms with Gasteiger partial charge in [-0.3, -0.25) is 25.3 Å². The first-order chi connectivity index (χ1) is 14.2. The molecule has 0 spiro atoms. The molecule has 2 heterocycles. The summed E-state index contributed by atoms with van der Waals surface area (Å²) in [6, 6.07) is 17.5. The van der Waals surface area contributed by atoms with E-state index in [-0.39, 0.29) is 18.4 Å². The van der Waals surface area contributed by atoms with Gasteiger partial charge in [0.05, 0.1) is 0 Å². The van der Waals surface area contributed by atoms with Crippen LogP contribution < -0.4 is 20.3 Å². The highest BCUT2D eigenvalue weighted by Crippen LogP contribution is 2.30. The number of ether oxygens (including phenoxy) is 2. The van der Waals surface area contributed by atoms with Crippen LogP contribution in [0.5, 0.6) is 11.5 Å². The largest absolute Gasteiger partial charge is 0.485 e. The van der Waals surface area contributed by atoms with Crippen LogP contribution in [0.3, 0.4) is 0 Å². The molecule has 0 saturated carbocycles. The number of likely N-dealkylation sites (tertiary alicyclic amines) is 1. The average molecular weight is 395 g/mol. The summed E-state index contributed by atoms with van der Waals surface area (Å²) in [7, 11) is 0. The summed E-state index contributed by atoms with van der Waals surface area (Å²) in [5.74, 6) is 0.806. The third-order valence-electron chi connectivity index (χ3n) is 5.22.